The first kappa shape index (κ1) is 33.3. The second-order valence-electron chi connectivity index (χ2n) is 15.3. The monoisotopic (exact) mass is 752 g/mol. The minimum Gasteiger partial charge on any atom is -0.456 e. The average molecular weight is 753 g/mol. The number of para-hydroxylation sites is 4. The van der Waals surface area contributed by atoms with Crippen LogP contribution in [0.5, 0.6) is 0 Å². The summed E-state index contributed by atoms with van der Waals surface area (Å²) in [6.07, 6.45) is 0. The summed E-state index contributed by atoms with van der Waals surface area (Å²) in [5.74, 6) is 0. The lowest BCUT2D eigenvalue weighted by Gasteiger charge is -2.29. The molecule has 0 saturated carbocycles. The number of hydrogen-bond donors (Lipinski definition) is 0. The van der Waals surface area contributed by atoms with Gasteiger partial charge in [0.25, 0.3) is 0 Å². The predicted octanol–water partition coefficient (Wildman–Crippen LogP) is 15.8. The van der Waals surface area contributed by atoms with E-state index in [1.165, 1.54) is 48.9 Å². The lowest BCUT2D eigenvalue weighted by Crippen LogP contribution is -2.12. The molecule has 10 aromatic carbocycles. The topological polar surface area (TPSA) is 21.3 Å². The van der Waals surface area contributed by atoms with Crippen LogP contribution in [-0.4, -0.2) is 4.57 Å². The number of fused-ring (bicyclic) bond motifs is 9. The summed E-state index contributed by atoms with van der Waals surface area (Å²) in [5, 5.41) is 9.64. The van der Waals surface area contributed by atoms with Gasteiger partial charge in [0, 0.05) is 43.9 Å². The standard InChI is InChI=1S/C56H36N2O/c1-2-15-43-39(13-1)27-28-40-14-11-24-52(55(40)43)58(51-23-9-5-18-46(51)47-20-12-26-54-56(47)48-19-6-10-25-53(48)59-54)42-35-31-38(32-36-42)37-29-33-41(34-30-37)57-49-21-7-3-16-44(49)45-17-4-8-22-50(45)57/h1-36H. The Labute approximate surface area is 341 Å². The molecular formula is C56H36N2O. The second kappa shape index (κ2) is 13.4. The highest BCUT2D eigenvalue weighted by Crippen LogP contribution is 2.47. The van der Waals surface area contributed by atoms with Gasteiger partial charge in [0.15, 0.2) is 0 Å². The van der Waals surface area contributed by atoms with Crippen LogP contribution in [0.4, 0.5) is 17.1 Å². The van der Waals surface area contributed by atoms with E-state index in [-0.39, 0.29) is 0 Å². The average Bonchev–Trinajstić information content (AvgIpc) is 3.86. The number of anilines is 3. The molecule has 0 aliphatic rings. The van der Waals surface area contributed by atoms with Gasteiger partial charge in [-0.25, -0.2) is 0 Å². The summed E-state index contributed by atoms with van der Waals surface area (Å²) in [7, 11) is 0. The zero-order chi connectivity index (χ0) is 38.9. The molecule has 0 bridgehead atoms. The molecule has 276 valence electrons. The number of furan rings is 1. The van der Waals surface area contributed by atoms with E-state index in [0.717, 1.165) is 61.4 Å². The van der Waals surface area contributed by atoms with Crippen molar-refractivity contribution in [3.05, 3.63) is 218 Å². The molecule has 12 aromatic rings. The number of nitrogens with zero attached hydrogens (tertiary/aromatic N) is 2. The largest absolute Gasteiger partial charge is 0.456 e. The molecule has 0 radical (unpaired) electrons. The predicted molar refractivity (Wildman–Crippen MR) is 249 cm³/mol. The molecule has 59 heavy (non-hydrogen) atoms. The van der Waals surface area contributed by atoms with Crippen LogP contribution in [0.1, 0.15) is 0 Å². The minimum atomic E-state index is 0.884. The molecule has 3 nitrogen and oxygen atoms in total. The zero-order valence-corrected chi connectivity index (χ0v) is 32.1. The highest BCUT2D eigenvalue weighted by molar-refractivity contribution is 6.17. The molecule has 0 aliphatic heterocycles. The molecule has 12 rings (SSSR count). The van der Waals surface area contributed by atoms with E-state index in [1.54, 1.807) is 0 Å². The van der Waals surface area contributed by atoms with E-state index in [9.17, 15) is 0 Å². The Kier molecular flexibility index (Phi) is 7.54. The summed E-state index contributed by atoms with van der Waals surface area (Å²) in [4.78, 5) is 2.44. The van der Waals surface area contributed by atoms with Crippen molar-refractivity contribution in [3.63, 3.8) is 0 Å². The van der Waals surface area contributed by atoms with Gasteiger partial charge in [0.05, 0.1) is 22.4 Å². The number of rotatable bonds is 6. The van der Waals surface area contributed by atoms with Crippen LogP contribution in [0.25, 0.3) is 93.2 Å². The summed E-state index contributed by atoms with van der Waals surface area (Å²) in [6, 6.07) is 78.7. The van der Waals surface area contributed by atoms with Gasteiger partial charge in [-0.1, -0.05) is 158 Å². The molecular weight excluding hydrogens is 717 g/mol. The van der Waals surface area contributed by atoms with Crippen LogP contribution in [0.3, 0.4) is 0 Å². The second-order valence-corrected chi connectivity index (χ2v) is 15.3. The van der Waals surface area contributed by atoms with Crippen LogP contribution in [0.15, 0.2) is 223 Å². The lowest BCUT2D eigenvalue weighted by molar-refractivity contribution is 0.669. The molecule has 0 amide bonds. The van der Waals surface area contributed by atoms with Crippen molar-refractivity contribution in [3.8, 4) is 27.9 Å². The van der Waals surface area contributed by atoms with E-state index < -0.39 is 0 Å². The minimum absolute atomic E-state index is 0.884. The fourth-order valence-electron chi connectivity index (χ4n) is 9.34. The SMILES string of the molecule is c1ccc(N(c2ccc(-c3ccc(-n4c5ccccc5c5ccccc54)cc3)cc2)c2cccc3ccc4ccccc4c23)c(-c2cccc3oc4ccccc4c23)c1. The van der Waals surface area contributed by atoms with Crippen molar-refractivity contribution in [1.29, 1.82) is 0 Å². The fourth-order valence-corrected chi connectivity index (χ4v) is 9.34. The first-order valence-electron chi connectivity index (χ1n) is 20.2. The van der Waals surface area contributed by atoms with Gasteiger partial charge < -0.3 is 13.9 Å². The van der Waals surface area contributed by atoms with Crippen molar-refractivity contribution in [1.82, 2.24) is 4.57 Å². The third-order valence-corrected chi connectivity index (χ3v) is 12.0. The first-order valence-corrected chi connectivity index (χ1v) is 20.2. The quantitative estimate of drug-likeness (QED) is 0.158. The van der Waals surface area contributed by atoms with Crippen molar-refractivity contribution in [2.24, 2.45) is 0 Å². The van der Waals surface area contributed by atoms with E-state index in [0.29, 0.717) is 0 Å². The van der Waals surface area contributed by atoms with Crippen LogP contribution in [0, 0.1) is 0 Å². The Hall–Kier alpha value is -7.88. The maximum Gasteiger partial charge on any atom is 0.136 e. The van der Waals surface area contributed by atoms with Crippen molar-refractivity contribution in [2.75, 3.05) is 4.90 Å². The fraction of sp³-hybridized carbons (Fsp3) is 0. The number of benzene rings is 10. The van der Waals surface area contributed by atoms with Gasteiger partial charge in [0.2, 0.25) is 0 Å². The van der Waals surface area contributed by atoms with Gasteiger partial charge >= 0.3 is 0 Å². The molecule has 3 heteroatoms. The van der Waals surface area contributed by atoms with E-state index in [4.69, 9.17) is 4.42 Å². The first-order chi connectivity index (χ1) is 29.3. The summed E-state index contributed by atoms with van der Waals surface area (Å²) in [5.41, 5.74) is 13.2. The Morgan fingerprint density at radius 3 is 1.66 bits per heavy atom. The normalized spacial score (nSPS) is 11.7. The van der Waals surface area contributed by atoms with Crippen LogP contribution in [0.2, 0.25) is 0 Å². The van der Waals surface area contributed by atoms with Crippen LogP contribution >= 0.6 is 0 Å². The van der Waals surface area contributed by atoms with Crippen molar-refractivity contribution >= 4 is 82.4 Å². The summed E-state index contributed by atoms with van der Waals surface area (Å²) in [6.45, 7) is 0. The number of aromatic nitrogens is 1. The molecule has 2 heterocycles. The Morgan fingerprint density at radius 1 is 0.339 bits per heavy atom. The Balaban J connectivity index is 1.02. The third-order valence-electron chi connectivity index (χ3n) is 12.0. The van der Waals surface area contributed by atoms with Crippen molar-refractivity contribution in [2.45, 2.75) is 0 Å². The lowest BCUT2D eigenvalue weighted by atomic mass is 9.95. The highest BCUT2D eigenvalue weighted by atomic mass is 16.3. The zero-order valence-electron chi connectivity index (χ0n) is 32.1. The smallest absolute Gasteiger partial charge is 0.136 e. The molecule has 0 saturated heterocycles. The van der Waals surface area contributed by atoms with E-state index >= 15 is 0 Å². The van der Waals surface area contributed by atoms with E-state index in [1.807, 2.05) is 6.07 Å². The molecule has 0 spiro atoms. The molecule has 0 N–H and O–H groups in total. The summed E-state index contributed by atoms with van der Waals surface area (Å²) < 4.78 is 8.77. The molecule has 0 fully saturated rings. The van der Waals surface area contributed by atoms with Crippen LogP contribution in [-0.2, 0) is 0 Å². The number of hydrogen-bond acceptors (Lipinski definition) is 2. The third kappa shape index (κ3) is 5.29. The Bertz CT molecular complexity index is 3500. The van der Waals surface area contributed by atoms with Crippen molar-refractivity contribution < 1.29 is 4.42 Å². The van der Waals surface area contributed by atoms with Gasteiger partial charge in [-0.05, 0) is 93.5 Å². The maximum absolute atomic E-state index is 6.40. The highest BCUT2D eigenvalue weighted by Gasteiger charge is 2.22. The molecule has 0 aliphatic carbocycles. The molecule has 0 unspecified atom stereocenters. The van der Waals surface area contributed by atoms with Gasteiger partial charge in [-0.3, -0.25) is 0 Å². The molecule has 0 atom stereocenters. The maximum atomic E-state index is 6.40. The summed E-state index contributed by atoms with van der Waals surface area (Å²) >= 11 is 0. The van der Waals surface area contributed by atoms with Gasteiger partial charge in [-0.2, -0.15) is 0 Å². The van der Waals surface area contributed by atoms with E-state index in [2.05, 4.69) is 222 Å². The van der Waals surface area contributed by atoms with Crippen LogP contribution < -0.4 is 4.90 Å². The molecule has 2 aromatic heterocycles. The van der Waals surface area contributed by atoms with Gasteiger partial charge in [-0.15, -0.1) is 0 Å². The van der Waals surface area contributed by atoms with Gasteiger partial charge in [0.1, 0.15) is 11.2 Å². The Morgan fingerprint density at radius 2 is 0.881 bits per heavy atom.